The number of aliphatic hydroxyl groups is 3. The van der Waals surface area contributed by atoms with Gasteiger partial charge in [-0.1, -0.05) is 0 Å². The van der Waals surface area contributed by atoms with Crippen molar-refractivity contribution in [2.45, 2.75) is 24.3 Å². The first-order valence-corrected chi connectivity index (χ1v) is 5.47. The molecule has 2 rings (SSSR count). The van der Waals surface area contributed by atoms with Crippen LogP contribution in [0.4, 0.5) is 4.39 Å². The molecule has 4 atom stereocenters. The lowest BCUT2D eigenvalue weighted by molar-refractivity contribution is -0.238. The van der Waals surface area contributed by atoms with E-state index < -0.39 is 36.5 Å². The summed E-state index contributed by atoms with van der Waals surface area (Å²) in [7, 11) is 0. The van der Waals surface area contributed by atoms with Crippen molar-refractivity contribution in [3.8, 4) is 0 Å². The number of nitrogens with zero attached hydrogens (tertiary/aromatic N) is 1. The van der Waals surface area contributed by atoms with Crippen molar-refractivity contribution in [3.05, 3.63) is 27.4 Å². The zero-order chi connectivity index (χ0) is 13.5. The molecule has 0 spiro atoms. The molecule has 0 aliphatic carbocycles. The monoisotopic (exact) mass is 278 g/mol. The smallest absolute Gasteiger partial charge is 0.324 e. The van der Waals surface area contributed by atoms with E-state index in [1.807, 2.05) is 0 Å². The summed E-state index contributed by atoms with van der Waals surface area (Å²) in [4.78, 5) is 13.1. The molecule has 1 fully saturated rings. The third kappa shape index (κ3) is 1.89. The first-order chi connectivity index (χ1) is 8.40. The van der Waals surface area contributed by atoms with Crippen molar-refractivity contribution in [1.29, 1.82) is 0 Å². The molecule has 0 amide bonds. The predicted molar refractivity (Wildman–Crippen MR) is 58.9 cm³/mol. The summed E-state index contributed by atoms with van der Waals surface area (Å²) < 4.78 is 19.7. The van der Waals surface area contributed by atoms with E-state index >= 15 is 0 Å². The second-order valence-corrected chi connectivity index (χ2v) is 4.25. The van der Waals surface area contributed by atoms with Crippen LogP contribution in [0.5, 0.6) is 0 Å². The van der Waals surface area contributed by atoms with Gasteiger partial charge in [-0.25, -0.2) is 0 Å². The van der Waals surface area contributed by atoms with E-state index in [2.05, 4.69) is 4.98 Å². The lowest BCUT2D eigenvalue weighted by Crippen LogP contribution is -2.43. The first-order valence-electron chi connectivity index (χ1n) is 5.06. The van der Waals surface area contributed by atoms with E-state index in [1.165, 1.54) is 0 Å². The van der Waals surface area contributed by atoms with Crippen molar-refractivity contribution in [1.82, 2.24) is 9.55 Å². The maximum atomic E-state index is 14.5. The summed E-state index contributed by atoms with van der Waals surface area (Å²) in [5, 5.41) is 28.0. The quantitative estimate of drug-likeness (QED) is 0.496. The zero-order valence-corrected chi connectivity index (χ0v) is 9.80. The Balaban J connectivity index is 2.49. The van der Waals surface area contributed by atoms with E-state index in [4.69, 9.17) is 22.1 Å². The SMILES string of the molecule is O=c1ccn([C@]2(F)O[C@H](CO)[C@@H](O)[C@H]2O)c(=S)[nH]1. The number of aromatic nitrogens is 2. The topological polar surface area (TPSA) is 108 Å². The number of hydrogen-bond acceptors (Lipinski definition) is 6. The van der Waals surface area contributed by atoms with Gasteiger partial charge in [0, 0.05) is 12.3 Å². The number of aromatic amines is 1. The fourth-order valence-corrected chi connectivity index (χ4v) is 2.05. The Bertz CT molecular complexity index is 560. The molecular formula is C9H11FN2O5S. The lowest BCUT2D eigenvalue weighted by Gasteiger charge is -2.25. The van der Waals surface area contributed by atoms with Gasteiger partial charge in [-0.05, 0) is 12.2 Å². The highest BCUT2D eigenvalue weighted by molar-refractivity contribution is 7.71. The molecule has 1 saturated heterocycles. The molecule has 0 aromatic carbocycles. The van der Waals surface area contributed by atoms with Crippen LogP contribution in [0.25, 0.3) is 0 Å². The van der Waals surface area contributed by atoms with Gasteiger partial charge in [0.15, 0.2) is 10.9 Å². The average molecular weight is 278 g/mol. The second-order valence-electron chi connectivity index (χ2n) is 3.86. The van der Waals surface area contributed by atoms with Crippen molar-refractivity contribution < 1.29 is 24.4 Å². The zero-order valence-electron chi connectivity index (χ0n) is 8.99. The van der Waals surface area contributed by atoms with Crippen molar-refractivity contribution >= 4 is 12.2 Å². The van der Waals surface area contributed by atoms with Crippen LogP contribution in [0.3, 0.4) is 0 Å². The molecular weight excluding hydrogens is 267 g/mol. The molecule has 0 saturated carbocycles. The Kier molecular flexibility index (Phi) is 3.34. The van der Waals surface area contributed by atoms with Crippen LogP contribution in [-0.2, 0) is 10.7 Å². The standard InChI is InChI=1S/C9H11FN2O5S/c10-9(7(16)6(15)4(3-13)17-9)12-2-1-5(14)11-8(12)18/h1-2,4,6-7,13,15-16H,3H2,(H,11,14,18)/t4-,6-,7-,9+/m1/s1. The van der Waals surface area contributed by atoms with Crippen LogP contribution in [0, 0.1) is 4.77 Å². The number of H-pyrrole nitrogens is 1. The summed E-state index contributed by atoms with van der Waals surface area (Å²) in [6.07, 6.45) is -3.82. The highest BCUT2D eigenvalue weighted by Gasteiger charge is 2.56. The van der Waals surface area contributed by atoms with E-state index in [9.17, 15) is 19.4 Å². The molecule has 0 bridgehead atoms. The van der Waals surface area contributed by atoms with Crippen LogP contribution >= 0.6 is 12.2 Å². The van der Waals surface area contributed by atoms with Gasteiger partial charge in [0.05, 0.1) is 6.61 Å². The fourth-order valence-electron chi connectivity index (χ4n) is 1.77. The summed E-state index contributed by atoms with van der Waals surface area (Å²) in [6.45, 7) is -0.666. The third-order valence-corrected chi connectivity index (χ3v) is 3.02. The number of ether oxygens (including phenoxy) is 1. The van der Waals surface area contributed by atoms with Gasteiger partial charge in [-0.2, -0.15) is 4.39 Å². The van der Waals surface area contributed by atoms with Gasteiger partial charge < -0.3 is 20.1 Å². The second kappa shape index (κ2) is 4.52. The third-order valence-electron chi connectivity index (χ3n) is 2.72. The summed E-state index contributed by atoms with van der Waals surface area (Å²) >= 11 is 4.75. The summed E-state index contributed by atoms with van der Waals surface area (Å²) in [6, 6.07) is 0.992. The molecule has 7 nitrogen and oxygen atoms in total. The van der Waals surface area contributed by atoms with E-state index in [0.29, 0.717) is 4.57 Å². The van der Waals surface area contributed by atoms with Crippen LogP contribution in [0.2, 0.25) is 0 Å². The van der Waals surface area contributed by atoms with Gasteiger partial charge >= 0.3 is 5.98 Å². The van der Waals surface area contributed by atoms with Crippen molar-refractivity contribution in [2.24, 2.45) is 0 Å². The maximum absolute atomic E-state index is 14.5. The molecule has 2 heterocycles. The molecule has 4 N–H and O–H groups in total. The van der Waals surface area contributed by atoms with Crippen LogP contribution in [0.1, 0.15) is 0 Å². The Morgan fingerprint density at radius 1 is 1.61 bits per heavy atom. The predicted octanol–water partition coefficient (Wildman–Crippen LogP) is -1.40. The first kappa shape index (κ1) is 13.3. The molecule has 0 radical (unpaired) electrons. The summed E-state index contributed by atoms with van der Waals surface area (Å²) in [5.41, 5.74) is -0.536. The molecule has 9 heteroatoms. The van der Waals surface area contributed by atoms with E-state index in [-0.39, 0.29) is 4.77 Å². The van der Waals surface area contributed by atoms with Crippen LogP contribution in [0.15, 0.2) is 17.1 Å². The van der Waals surface area contributed by atoms with E-state index in [1.54, 1.807) is 0 Å². The Labute approximate surface area is 105 Å². The molecule has 18 heavy (non-hydrogen) atoms. The number of nitrogens with one attached hydrogen (secondary N) is 1. The molecule has 1 aromatic rings. The van der Waals surface area contributed by atoms with Gasteiger partial charge in [0.2, 0.25) is 0 Å². The van der Waals surface area contributed by atoms with E-state index in [0.717, 1.165) is 12.3 Å². The van der Waals surface area contributed by atoms with Crippen LogP contribution < -0.4 is 5.56 Å². The Hall–Kier alpha value is -1.13. The van der Waals surface area contributed by atoms with Crippen LogP contribution in [-0.4, -0.2) is 49.8 Å². The lowest BCUT2D eigenvalue weighted by atomic mass is 10.1. The number of aliphatic hydroxyl groups excluding tert-OH is 3. The fraction of sp³-hybridized carbons (Fsp3) is 0.556. The maximum Gasteiger partial charge on any atom is 0.324 e. The van der Waals surface area contributed by atoms with Gasteiger partial charge in [0.25, 0.3) is 5.56 Å². The molecule has 0 unspecified atom stereocenters. The number of rotatable bonds is 2. The number of alkyl halides is 1. The number of hydrogen-bond donors (Lipinski definition) is 4. The van der Waals surface area contributed by atoms with Gasteiger partial charge in [-0.3, -0.25) is 14.3 Å². The van der Waals surface area contributed by atoms with Crippen molar-refractivity contribution in [2.75, 3.05) is 6.61 Å². The highest BCUT2D eigenvalue weighted by atomic mass is 32.1. The largest absolute Gasteiger partial charge is 0.394 e. The molecule has 100 valence electrons. The number of halogens is 1. The minimum atomic E-state index is -2.84. The minimum Gasteiger partial charge on any atom is -0.394 e. The average Bonchev–Trinajstić information content (AvgIpc) is 2.54. The van der Waals surface area contributed by atoms with Gasteiger partial charge in [0.1, 0.15) is 12.2 Å². The minimum absolute atomic E-state index is 0.310. The van der Waals surface area contributed by atoms with Gasteiger partial charge in [-0.15, -0.1) is 0 Å². The Morgan fingerprint density at radius 2 is 2.28 bits per heavy atom. The van der Waals surface area contributed by atoms with Crippen molar-refractivity contribution in [3.63, 3.8) is 0 Å². The molecule has 1 aromatic heterocycles. The molecule has 1 aliphatic rings. The highest BCUT2D eigenvalue weighted by Crippen LogP contribution is 2.36. The summed E-state index contributed by atoms with van der Waals surface area (Å²) in [5.74, 6) is -2.84. The normalized spacial score (nSPS) is 35.9. The molecule has 1 aliphatic heterocycles. The Morgan fingerprint density at radius 3 is 2.78 bits per heavy atom.